The smallest absolute Gasteiger partial charge is 0.0541 e. The van der Waals surface area contributed by atoms with Crippen molar-refractivity contribution in [2.75, 3.05) is 0 Å². The second-order valence-electron chi connectivity index (χ2n) is 2.09. The molecule has 0 unspecified atom stereocenters. The van der Waals surface area contributed by atoms with Gasteiger partial charge in [-0.2, -0.15) is 5.10 Å². The summed E-state index contributed by atoms with van der Waals surface area (Å²) in [4.78, 5) is 2.65. The van der Waals surface area contributed by atoms with Crippen LogP contribution >= 0.6 is 0 Å². The summed E-state index contributed by atoms with van der Waals surface area (Å²) in [5.41, 5.74) is 8.97. The number of hydrogen-bond acceptors (Lipinski definition) is 2. The van der Waals surface area contributed by atoms with Crippen LogP contribution in [0.3, 0.4) is 0 Å². The molecule has 0 spiro atoms. The minimum atomic E-state index is 0.385. The van der Waals surface area contributed by atoms with Crippen LogP contribution in [0, 0.1) is 0 Å². The quantitative estimate of drug-likeness (QED) is 0.368. The first-order valence-corrected chi connectivity index (χ1v) is 3.39. The molecular weight excluding hydrogens is 142 g/mol. The van der Waals surface area contributed by atoms with Gasteiger partial charge in [0.2, 0.25) is 0 Å². The molecule has 0 aliphatic heterocycles. The lowest BCUT2D eigenvalue weighted by molar-refractivity contribution is 0.659. The summed E-state index contributed by atoms with van der Waals surface area (Å²) in [6.45, 7) is 3.23. The Morgan fingerprint density at radius 1 is 1.82 bits per heavy atom. The van der Waals surface area contributed by atoms with E-state index in [2.05, 4.69) is 15.1 Å². The molecule has 0 saturated carbocycles. The van der Waals surface area contributed by atoms with Gasteiger partial charge in [-0.25, -0.2) is 0 Å². The minimum Gasteiger partial charge on any atom is -0.273 e. The van der Waals surface area contributed by atoms with Crippen molar-refractivity contribution in [1.82, 2.24) is 9.78 Å². The second-order valence-corrected chi connectivity index (χ2v) is 2.09. The number of aryl methyl sites for hydroxylation is 1. The summed E-state index contributed by atoms with van der Waals surface area (Å²) in [6.07, 6.45) is 3.58. The van der Waals surface area contributed by atoms with E-state index < -0.39 is 0 Å². The Hall–Kier alpha value is -1.48. The average Bonchev–Trinajstić information content (AvgIpc) is 2.48. The Morgan fingerprint density at radius 2 is 2.64 bits per heavy atom. The Kier molecular flexibility index (Phi) is 2.52. The SMILES string of the molecule is CCn1cc(CN=[N+]=[N-])cn1. The standard InChI is InChI=1S/C6H9N5/c1-2-11-5-6(4-9-11)3-8-10-7/h4-5H,2-3H2,1H3. The maximum atomic E-state index is 8.02. The van der Waals surface area contributed by atoms with Crippen molar-refractivity contribution < 1.29 is 0 Å². The molecule has 11 heavy (non-hydrogen) atoms. The van der Waals surface area contributed by atoms with Crippen molar-refractivity contribution in [3.63, 3.8) is 0 Å². The van der Waals surface area contributed by atoms with E-state index in [9.17, 15) is 0 Å². The summed E-state index contributed by atoms with van der Waals surface area (Å²) >= 11 is 0. The van der Waals surface area contributed by atoms with Gasteiger partial charge < -0.3 is 0 Å². The Bertz CT molecular complexity index is 270. The molecule has 0 radical (unpaired) electrons. The number of aromatic nitrogens is 2. The molecule has 0 amide bonds. The van der Waals surface area contributed by atoms with Crippen LogP contribution in [0.2, 0.25) is 0 Å². The maximum Gasteiger partial charge on any atom is 0.0541 e. The van der Waals surface area contributed by atoms with Gasteiger partial charge in [-0.15, -0.1) is 0 Å². The van der Waals surface area contributed by atoms with Gasteiger partial charge in [-0.3, -0.25) is 4.68 Å². The van der Waals surface area contributed by atoms with Crippen molar-refractivity contribution in [2.24, 2.45) is 5.11 Å². The van der Waals surface area contributed by atoms with Gasteiger partial charge in [0.15, 0.2) is 0 Å². The van der Waals surface area contributed by atoms with Crippen molar-refractivity contribution in [3.05, 3.63) is 28.4 Å². The maximum absolute atomic E-state index is 8.02. The molecule has 0 N–H and O–H groups in total. The number of hydrogen-bond donors (Lipinski definition) is 0. The lowest BCUT2D eigenvalue weighted by atomic mass is 10.4. The zero-order chi connectivity index (χ0) is 8.10. The average molecular weight is 151 g/mol. The Labute approximate surface area is 64.3 Å². The summed E-state index contributed by atoms with van der Waals surface area (Å²) in [7, 11) is 0. The van der Waals surface area contributed by atoms with Gasteiger partial charge >= 0.3 is 0 Å². The molecule has 58 valence electrons. The molecule has 0 aromatic carbocycles. The normalized spacial score (nSPS) is 9.18. The first-order chi connectivity index (χ1) is 5.36. The zero-order valence-electron chi connectivity index (χ0n) is 6.30. The summed E-state index contributed by atoms with van der Waals surface area (Å²) in [5, 5.41) is 7.44. The number of rotatable bonds is 3. The molecule has 1 aromatic heterocycles. The van der Waals surface area contributed by atoms with E-state index in [4.69, 9.17) is 5.53 Å². The number of nitrogens with zero attached hydrogens (tertiary/aromatic N) is 5. The molecule has 5 nitrogen and oxygen atoms in total. The Morgan fingerprint density at radius 3 is 3.18 bits per heavy atom. The van der Waals surface area contributed by atoms with Crippen molar-refractivity contribution in [3.8, 4) is 0 Å². The van der Waals surface area contributed by atoms with Crippen LogP contribution < -0.4 is 0 Å². The molecule has 1 heterocycles. The molecule has 1 rings (SSSR count). The van der Waals surface area contributed by atoms with Gasteiger partial charge in [0, 0.05) is 17.7 Å². The highest BCUT2D eigenvalue weighted by Gasteiger charge is 1.93. The monoisotopic (exact) mass is 151 g/mol. The molecule has 0 aliphatic carbocycles. The molecule has 0 aliphatic rings. The first-order valence-electron chi connectivity index (χ1n) is 3.39. The van der Waals surface area contributed by atoms with E-state index in [-0.39, 0.29) is 0 Å². The van der Waals surface area contributed by atoms with E-state index in [1.54, 1.807) is 10.9 Å². The third-order valence-corrected chi connectivity index (χ3v) is 1.33. The van der Waals surface area contributed by atoms with E-state index in [0.717, 1.165) is 12.1 Å². The highest BCUT2D eigenvalue weighted by Crippen LogP contribution is 1.99. The zero-order valence-corrected chi connectivity index (χ0v) is 6.30. The van der Waals surface area contributed by atoms with Gasteiger partial charge in [-0.05, 0) is 18.0 Å². The van der Waals surface area contributed by atoms with Crippen LogP contribution in [0.5, 0.6) is 0 Å². The van der Waals surface area contributed by atoms with Crippen molar-refractivity contribution >= 4 is 0 Å². The highest BCUT2D eigenvalue weighted by molar-refractivity contribution is 5.03. The third-order valence-electron chi connectivity index (χ3n) is 1.33. The van der Waals surface area contributed by atoms with Crippen LogP contribution in [-0.4, -0.2) is 9.78 Å². The fraction of sp³-hybridized carbons (Fsp3) is 0.500. The highest BCUT2D eigenvalue weighted by atomic mass is 15.3. The van der Waals surface area contributed by atoms with Crippen LogP contribution in [0.1, 0.15) is 12.5 Å². The fourth-order valence-electron chi connectivity index (χ4n) is 0.774. The Balaban J connectivity index is 2.64. The number of azide groups is 1. The van der Waals surface area contributed by atoms with Gasteiger partial charge in [-0.1, -0.05) is 5.11 Å². The van der Waals surface area contributed by atoms with Crippen LogP contribution in [0.25, 0.3) is 10.4 Å². The topological polar surface area (TPSA) is 66.6 Å². The minimum absolute atomic E-state index is 0.385. The lowest BCUT2D eigenvalue weighted by Crippen LogP contribution is -1.92. The third kappa shape index (κ3) is 1.98. The largest absolute Gasteiger partial charge is 0.273 e. The molecule has 5 heteroatoms. The molecular formula is C6H9N5. The van der Waals surface area contributed by atoms with Gasteiger partial charge in [0.25, 0.3) is 0 Å². The van der Waals surface area contributed by atoms with Crippen molar-refractivity contribution in [2.45, 2.75) is 20.0 Å². The molecule has 0 atom stereocenters. The van der Waals surface area contributed by atoms with E-state index >= 15 is 0 Å². The second kappa shape index (κ2) is 3.63. The first kappa shape index (κ1) is 7.63. The van der Waals surface area contributed by atoms with E-state index in [0.29, 0.717) is 6.54 Å². The molecule has 0 bridgehead atoms. The summed E-state index contributed by atoms with van der Waals surface area (Å²) < 4.78 is 1.79. The molecule has 0 fully saturated rings. The predicted octanol–water partition coefficient (Wildman–Crippen LogP) is 1.71. The summed E-state index contributed by atoms with van der Waals surface area (Å²) in [6, 6.07) is 0. The molecule has 0 saturated heterocycles. The molecule has 1 aromatic rings. The van der Waals surface area contributed by atoms with E-state index in [1.807, 2.05) is 13.1 Å². The van der Waals surface area contributed by atoms with E-state index in [1.165, 1.54) is 0 Å². The van der Waals surface area contributed by atoms with Crippen LogP contribution in [-0.2, 0) is 13.1 Å². The fourth-order valence-corrected chi connectivity index (χ4v) is 0.774. The van der Waals surface area contributed by atoms with Gasteiger partial charge in [0.05, 0.1) is 12.7 Å². The van der Waals surface area contributed by atoms with Gasteiger partial charge in [0.1, 0.15) is 0 Å². The lowest BCUT2D eigenvalue weighted by Gasteiger charge is -1.89. The summed E-state index contributed by atoms with van der Waals surface area (Å²) in [5.74, 6) is 0. The van der Waals surface area contributed by atoms with Crippen LogP contribution in [0.4, 0.5) is 0 Å². The van der Waals surface area contributed by atoms with Crippen molar-refractivity contribution in [1.29, 1.82) is 0 Å². The predicted molar refractivity (Wildman–Crippen MR) is 40.8 cm³/mol. The van der Waals surface area contributed by atoms with Crippen LogP contribution in [0.15, 0.2) is 17.5 Å².